The molecule has 0 amide bonds. The van der Waals surface area contributed by atoms with Crippen molar-refractivity contribution in [2.45, 2.75) is 109 Å². The zero-order valence-corrected chi connectivity index (χ0v) is 17.4. The number of methoxy groups -OCH3 is 1. The van der Waals surface area contributed by atoms with Gasteiger partial charge in [-0.3, -0.25) is 0 Å². The van der Waals surface area contributed by atoms with E-state index >= 15 is 0 Å². The minimum atomic E-state index is -0.339. The van der Waals surface area contributed by atoms with Crippen molar-refractivity contribution in [3.8, 4) is 0 Å². The van der Waals surface area contributed by atoms with E-state index in [2.05, 4.69) is 13.5 Å². The third-order valence-corrected chi connectivity index (χ3v) is 5.67. The Balaban J connectivity index is 1.89. The number of ether oxygens (including phenoxy) is 2. The van der Waals surface area contributed by atoms with E-state index in [1.807, 2.05) is 0 Å². The number of rotatable bonds is 15. The first-order chi connectivity index (χ1) is 12.7. The molecule has 1 aliphatic heterocycles. The van der Waals surface area contributed by atoms with Crippen LogP contribution in [0, 0.1) is 5.92 Å². The van der Waals surface area contributed by atoms with E-state index in [9.17, 15) is 4.79 Å². The molecule has 3 heteroatoms. The highest BCUT2D eigenvalue weighted by atomic mass is 16.5. The molecule has 0 aromatic rings. The zero-order valence-electron chi connectivity index (χ0n) is 17.4. The molecule has 3 nitrogen and oxygen atoms in total. The Morgan fingerprint density at radius 3 is 1.92 bits per heavy atom. The summed E-state index contributed by atoms with van der Waals surface area (Å²) in [7, 11) is 1.40. The van der Waals surface area contributed by atoms with E-state index in [-0.39, 0.29) is 12.1 Å². The van der Waals surface area contributed by atoms with Gasteiger partial charge < -0.3 is 9.47 Å². The zero-order chi connectivity index (χ0) is 19.0. The first kappa shape index (κ1) is 23.2. The first-order valence-electron chi connectivity index (χ1n) is 11.1. The summed E-state index contributed by atoms with van der Waals surface area (Å²) >= 11 is 0. The lowest BCUT2D eigenvalue weighted by Crippen LogP contribution is -2.30. The van der Waals surface area contributed by atoms with Gasteiger partial charge in [0, 0.05) is 0 Å². The van der Waals surface area contributed by atoms with E-state index in [0.717, 1.165) is 19.4 Å². The molecule has 0 bridgehead atoms. The highest BCUT2D eigenvalue weighted by Crippen LogP contribution is 2.27. The second kappa shape index (κ2) is 15.2. The van der Waals surface area contributed by atoms with Gasteiger partial charge in [-0.2, -0.15) is 0 Å². The number of unbranched alkanes of at least 4 members (excludes halogenated alkanes) is 11. The molecule has 0 radical (unpaired) electrons. The van der Waals surface area contributed by atoms with Gasteiger partial charge in [0.1, 0.15) is 0 Å². The molecular formula is C23H42O3. The van der Waals surface area contributed by atoms with Gasteiger partial charge in [0.2, 0.25) is 0 Å². The Morgan fingerprint density at radius 1 is 0.923 bits per heavy atom. The maximum absolute atomic E-state index is 11.5. The smallest absolute Gasteiger partial charge is 0.335 e. The summed E-state index contributed by atoms with van der Waals surface area (Å²) in [6.07, 6.45) is 19.9. The average Bonchev–Trinajstić information content (AvgIpc) is 2.68. The maximum atomic E-state index is 11.5. The van der Waals surface area contributed by atoms with Crippen LogP contribution < -0.4 is 0 Å². The second-order valence-electron chi connectivity index (χ2n) is 7.96. The Kier molecular flexibility index (Phi) is 13.6. The van der Waals surface area contributed by atoms with Gasteiger partial charge in [-0.05, 0) is 25.2 Å². The molecule has 1 heterocycles. The predicted molar refractivity (Wildman–Crippen MR) is 109 cm³/mol. The number of carbonyl (C=O) groups excluding carboxylic acids is 1. The van der Waals surface area contributed by atoms with Crippen LogP contribution in [0.4, 0.5) is 0 Å². The van der Waals surface area contributed by atoms with Gasteiger partial charge in [0.05, 0.1) is 25.4 Å². The molecule has 1 rings (SSSR count). The molecule has 152 valence electrons. The highest BCUT2D eigenvalue weighted by Gasteiger charge is 2.26. The molecule has 26 heavy (non-hydrogen) atoms. The fourth-order valence-corrected chi connectivity index (χ4v) is 3.85. The van der Waals surface area contributed by atoms with Crippen molar-refractivity contribution in [1.82, 2.24) is 0 Å². The Hall–Kier alpha value is -0.830. The van der Waals surface area contributed by atoms with Crippen molar-refractivity contribution < 1.29 is 14.3 Å². The van der Waals surface area contributed by atoms with Gasteiger partial charge in [-0.25, -0.2) is 4.79 Å². The standard InChI is InChI=1S/C23H42O3/c1-4-5-6-7-8-9-10-11-12-13-14-15-16-21-17-18-22(26-19-21)20(2)23(24)25-3/h21-22H,2,4-19H2,1,3H3. The molecule has 0 saturated carbocycles. The monoisotopic (exact) mass is 366 g/mol. The molecule has 0 spiro atoms. The molecule has 0 aromatic carbocycles. The minimum Gasteiger partial charge on any atom is -0.466 e. The van der Waals surface area contributed by atoms with Crippen molar-refractivity contribution in [3.63, 3.8) is 0 Å². The fourth-order valence-electron chi connectivity index (χ4n) is 3.85. The van der Waals surface area contributed by atoms with Crippen LogP contribution in [-0.2, 0) is 14.3 Å². The SMILES string of the molecule is C=C(C(=O)OC)C1CCC(CCCCCCCCCCCCCC)CO1. The van der Waals surface area contributed by atoms with Crippen LogP contribution in [-0.4, -0.2) is 25.8 Å². The molecule has 1 saturated heterocycles. The van der Waals surface area contributed by atoms with Crippen LogP contribution in [0.2, 0.25) is 0 Å². The summed E-state index contributed by atoms with van der Waals surface area (Å²) in [5.41, 5.74) is 0.469. The number of esters is 1. The summed E-state index contributed by atoms with van der Waals surface area (Å²) in [5, 5.41) is 0. The molecule has 2 atom stereocenters. The lowest BCUT2D eigenvalue weighted by atomic mass is 9.91. The third kappa shape index (κ3) is 10.4. The van der Waals surface area contributed by atoms with Crippen LogP contribution in [0.25, 0.3) is 0 Å². The number of hydrogen-bond acceptors (Lipinski definition) is 3. The summed E-state index contributed by atoms with van der Waals surface area (Å²) < 4.78 is 10.6. The second-order valence-corrected chi connectivity index (χ2v) is 7.96. The minimum absolute atomic E-state index is 0.138. The largest absolute Gasteiger partial charge is 0.466 e. The van der Waals surface area contributed by atoms with Gasteiger partial charge in [0.25, 0.3) is 0 Å². The molecule has 1 fully saturated rings. The quantitative estimate of drug-likeness (QED) is 0.186. The van der Waals surface area contributed by atoms with Crippen molar-refractivity contribution in [2.24, 2.45) is 5.92 Å². The summed E-state index contributed by atoms with van der Waals surface area (Å²) in [6.45, 7) is 6.85. The summed E-state index contributed by atoms with van der Waals surface area (Å²) in [4.78, 5) is 11.5. The normalized spacial score (nSPS) is 20.1. The average molecular weight is 367 g/mol. The van der Waals surface area contributed by atoms with Gasteiger partial charge in [-0.1, -0.05) is 90.6 Å². The Bertz CT molecular complexity index is 370. The molecule has 2 unspecified atom stereocenters. The van der Waals surface area contributed by atoms with Gasteiger partial charge >= 0.3 is 5.97 Å². The maximum Gasteiger partial charge on any atom is 0.335 e. The molecule has 1 aliphatic rings. The van der Waals surface area contributed by atoms with Gasteiger partial charge in [-0.15, -0.1) is 0 Å². The van der Waals surface area contributed by atoms with E-state index in [4.69, 9.17) is 9.47 Å². The Morgan fingerprint density at radius 2 is 1.46 bits per heavy atom. The topological polar surface area (TPSA) is 35.5 Å². The van der Waals surface area contributed by atoms with Gasteiger partial charge in [0.15, 0.2) is 0 Å². The van der Waals surface area contributed by atoms with Crippen LogP contribution in [0.15, 0.2) is 12.2 Å². The van der Waals surface area contributed by atoms with E-state index in [0.29, 0.717) is 11.5 Å². The van der Waals surface area contributed by atoms with Crippen molar-refractivity contribution >= 4 is 5.97 Å². The fraction of sp³-hybridized carbons (Fsp3) is 0.870. The van der Waals surface area contributed by atoms with Crippen LogP contribution >= 0.6 is 0 Å². The summed E-state index contributed by atoms with van der Waals surface area (Å²) in [6, 6.07) is 0. The molecule has 0 aromatic heterocycles. The molecular weight excluding hydrogens is 324 g/mol. The van der Waals surface area contributed by atoms with Crippen molar-refractivity contribution in [1.29, 1.82) is 0 Å². The van der Waals surface area contributed by atoms with Crippen LogP contribution in [0.3, 0.4) is 0 Å². The molecule has 0 aliphatic carbocycles. The first-order valence-corrected chi connectivity index (χ1v) is 11.1. The number of hydrogen-bond donors (Lipinski definition) is 0. The Labute approximate surface area is 161 Å². The summed E-state index contributed by atoms with van der Waals surface area (Å²) in [5.74, 6) is 0.314. The van der Waals surface area contributed by atoms with E-state index in [1.165, 1.54) is 90.6 Å². The highest BCUT2D eigenvalue weighted by molar-refractivity contribution is 5.88. The van der Waals surface area contributed by atoms with E-state index in [1.54, 1.807) is 0 Å². The van der Waals surface area contributed by atoms with Crippen LogP contribution in [0.5, 0.6) is 0 Å². The predicted octanol–water partition coefficient (Wildman–Crippen LogP) is 6.60. The lowest BCUT2D eigenvalue weighted by Gasteiger charge is -2.29. The van der Waals surface area contributed by atoms with Crippen LogP contribution in [0.1, 0.15) is 103 Å². The lowest BCUT2D eigenvalue weighted by molar-refractivity contribution is -0.138. The molecule has 0 N–H and O–H groups in total. The number of carbonyl (C=O) groups is 1. The third-order valence-electron chi connectivity index (χ3n) is 5.67. The van der Waals surface area contributed by atoms with E-state index < -0.39 is 0 Å². The van der Waals surface area contributed by atoms with Crippen molar-refractivity contribution in [3.05, 3.63) is 12.2 Å². The van der Waals surface area contributed by atoms with Crippen molar-refractivity contribution in [2.75, 3.05) is 13.7 Å².